The van der Waals surface area contributed by atoms with Crippen LogP contribution in [0.3, 0.4) is 0 Å². The second-order valence-corrected chi connectivity index (χ2v) is 12.6. The largest absolute Gasteiger partial charge is 0.357 e. The molecule has 1 N–H and O–H groups in total. The molecule has 40 heavy (non-hydrogen) atoms. The van der Waals surface area contributed by atoms with E-state index in [-0.39, 0.29) is 44.2 Å². The van der Waals surface area contributed by atoms with Gasteiger partial charge in [0.15, 0.2) is 0 Å². The van der Waals surface area contributed by atoms with Gasteiger partial charge in [0.2, 0.25) is 21.8 Å². The van der Waals surface area contributed by atoms with E-state index in [9.17, 15) is 18.0 Å². The van der Waals surface area contributed by atoms with Crippen molar-refractivity contribution >= 4 is 62.3 Å². The molecule has 0 aromatic heterocycles. The van der Waals surface area contributed by atoms with E-state index in [0.29, 0.717) is 26.3 Å². The van der Waals surface area contributed by atoms with E-state index in [1.165, 1.54) is 16.3 Å². The van der Waals surface area contributed by atoms with E-state index in [4.69, 9.17) is 34.8 Å². The van der Waals surface area contributed by atoms with Crippen LogP contribution in [0.5, 0.6) is 0 Å². The molecule has 11 heteroatoms. The molecule has 3 aromatic carbocycles. The predicted molar refractivity (Wildman–Crippen MR) is 163 cm³/mol. The molecule has 2 amide bonds. The Kier molecular flexibility index (Phi) is 11.3. The predicted octanol–water partition coefficient (Wildman–Crippen LogP) is 5.89. The fourth-order valence-corrected chi connectivity index (χ4v) is 6.11. The number of rotatable bonds is 12. The average molecular weight is 625 g/mol. The molecule has 214 valence electrons. The molecule has 0 saturated carbocycles. The molecule has 0 aliphatic carbocycles. The quantitative estimate of drug-likeness (QED) is 0.272. The van der Waals surface area contributed by atoms with Crippen molar-refractivity contribution in [3.8, 4) is 0 Å². The Morgan fingerprint density at radius 1 is 0.950 bits per heavy atom. The van der Waals surface area contributed by atoms with Crippen molar-refractivity contribution in [2.45, 2.75) is 38.8 Å². The average Bonchev–Trinajstić information content (AvgIpc) is 2.91. The summed E-state index contributed by atoms with van der Waals surface area (Å²) in [6.07, 6.45) is 1.57. The van der Waals surface area contributed by atoms with E-state index in [1.54, 1.807) is 43.3 Å². The third-order valence-corrected chi connectivity index (χ3v) is 8.62. The Morgan fingerprint density at radius 2 is 1.60 bits per heavy atom. The molecule has 3 rings (SSSR count). The number of carbonyl (C=O) groups is 2. The lowest BCUT2D eigenvalue weighted by Crippen LogP contribution is -2.50. The summed E-state index contributed by atoms with van der Waals surface area (Å²) in [5.41, 5.74) is 2.58. The smallest absolute Gasteiger partial charge is 0.242 e. The molecule has 1 atom stereocenters. The number of nitrogens with zero attached hydrogens (tertiary/aromatic N) is 2. The SMILES string of the molecule is CNC(=O)[C@@H](Cc1ccccc1)N(Cc1c(Cl)cccc1Cl)C(=O)CCCN(c1cc(Cl)ccc1C)S(C)(=O)=O. The molecule has 0 saturated heterocycles. The number of amides is 2. The van der Waals surface area contributed by atoms with E-state index in [2.05, 4.69) is 5.32 Å². The highest BCUT2D eigenvalue weighted by Gasteiger charge is 2.31. The van der Waals surface area contributed by atoms with Crippen molar-refractivity contribution in [1.82, 2.24) is 10.2 Å². The topological polar surface area (TPSA) is 86.8 Å². The van der Waals surface area contributed by atoms with Crippen LogP contribution in [0.1, 0.15) is 29.5 Å². The van der Waals surface area contributed by atoms with E-state index >= 15 is 0 Å². The van der Waals surface area contributed by atoms with Crippen molar-refractivity contribution in [2.75, 3.05) is 24.2 Å². The molecule has 7 nitrogen and oxygen atoms in total. The Labute approximate surface area is 251 Å². The van der Waals surface area contributed by atoms with Gasteiger partial charge in [0.1, 0.15) is 6.04 Å². The first-order chi connectivity index (χ1) is 18.9. The van der Waals surface area contributed by atoms with Gasteiger partial charge in [-0.05, 0) is 48.7 Å². The zero-order valence-corrected chi connectivity index (χ0v) is 25.6. The monoisotopic (exact) mass is 623 g/mol. The number of halogens is 3. The summed E-state index contributed by atoms with van der Waals surface area (Å²) in [7, 11) is -2.14. The summed E-state index contributed by atoms with van der Waals surface area (Å²) >= 11 is 19.0. The van der Waals surface area contributed by atoms with Crippen molar-refractivity contribution in [2.24, 2.45) is 0 Å². The van der Waals surface area contributed by atoms with Crippen LogP contribution in [0.2, 0.25) is 15.1 Å². The molecule has 0 bridgehead atoms. The van der Waals surface area contributed by atoms with Crippen molar-refractivity contribution < 1.29 is 18.0 Å². The standard InChI is InChI=1S/C29H32Cl3N3O4S/c1-20-14-15-22(30)18-26(20)35(40(3,38)39)16-8-13-28(36)34(19-23-24(31)11-7-12-25(23)32)27(29(37)33-2)17-21-9-5-4-6-10-21/h4-7,9-12,14-15,18,27H,8,13,16-17,19H2,1-3H3,(H,33,37)/t27-/m1/s1. The lowest BCUT2D eigenvalue weighted by Gasteiger charge is -2.32. The summed E-state index contributed by atoms with van der Waals surface area (Å²) in [6.45, 7) is 1.85. The maximum Gasteiger partial charge on any atom is 0.242 e. The van der Waals surface area contributed by atoms with Crippen LogP contribution in [0.15, 0.2) is 66.7 Å². The second-order valence-electron chi connectivity index (χ2n) is 9.41. The van der Waals surface area contributed by atoms with E-state index < -0.39 is 16.1 Å². The normalized spacial score (nSPS) is 12.1. The molecule has 0 spiro atoms. The molecule has 0 radical (unpaired) electrons. The number of benzene rings is 3. The minimum Gasteiger partial charge on any atom is -0.357 e. The van der Waals surface area contributed by atoms with Crippen LogP contribution in [0, 0.1) is 6.92 Å². The first kappa shape index (κ1) is 31.7. The Balaban J connectivity index is 1.91. The van der Waals surface area contributed by atoms with Gasteiger partial charge in [-0.1, -0.05) is 77.3 Å². The van der Waals surface area contributed by atoms with Crippen molar-refractivity contribution in [3.05, 3.63) is 98.5 Å². The third kappa shape index (κ3) is 8.36. The van der Waals surface area contributed by atoms with E-state index in [1.807, 2.05) is 30.3 Å². The van der Waals surface area contributed by atoms with E-state index in [0.717, 1.165) is 17.4 Å². The molecule has 0 heterocycles. The maximum atomic E-state index is 13.8. The minimum atomic E-state index is -3.66. The Bertz CT molecular complexity index is 1430. The number of aryl methyl sites for hydroxylation is 1. The maximum absolute atomic E-state index is 13.8. The molecule has 0 fully saturated rings. The highest BCUT2D eigenvalue weighted by molar-refractivity contribution is 7.92. The lowest BCUT2D eigenvalue weighted by atomic mass is 10.0. The number of sulfonamides is 1. The van der Waals surface area contributed by atoms with Gasteiger partial charge in [0.25, 0.3) is 0 Å². The number of hydrogen-bond acceptors (Lipinski definition) is 4. The van der Waals surface area contributed by atoms with Crippen molar-refractivity contribution in [1.29, 1.82) is 0 Å². The summed E-state index contributed by atoms with van der Waals surface area (Å²) in [5, 5.41) is 3.82. The number of carbonyl (C=O) groups excluding carboxylic acids is 2. The number of hydrogen-bond donors (Lipinski definition) is 1. The highest BCUT2D eigenvalue weighted by Crippen LogP contribution is 2.29. The number of likely N-dealkylation sites (N-methyl/N-ethyl adjacent to an activating group) is 1. The summed E-state index contributed by atoms with van der Waals surface area (Å²) in [4.78, 5) is 28.4. The van der Waals surface area contributed by atoms with Gasteiger partial charge in [-0.2, -0.15) is 0 Å². The first-order valence-corrected chi connectivity index (χ1v) is 15.6. The van der Waals surface area contributed by atoms with Crippen LogP contribution in [0.25, 0.3) is 0 Å². The molecule has 0 unspecified atom stereocenters. The van der Waals surface area contributed by atoms with Gasteiger partial charge >= 0.3 is 0 Å². The van der Waals surface area contributed by atoms with Gasteiger partial charge in [0.05, 0.1) is 11.9 Å². The zero-order chi connectivity index (χ0) is 29.4. The summed E-state index contributed by atoms with van der Waals surface area (Å²) < 4.78 is 26.6. The van der Waals surface area contributed by atoms with Gasteiger partial charge in [-0.3, -0.25) is 13.9 Å². The molecule has 3 aromatic rings. The van der Waals surface area contributed by atoms with Gasteiger partial charge < -0.3 is 10.2 Å². The van der Waals surface area contributed by atoms with Gasteiger partial charge in [-0.15, -0.1) is 0 Å². The van der Waals surface area contributed by atoms with Gasteiger partial charge in [0, 0.05) is 53.6 Å². The first-order valence-electron chi connectivity index (χ1n) is 12.6. The van der Waals surface area contributed by atoms with Gasteiger partial charge in [-0.25, -0.2) is 8.42 Å². The summed E-state index contributed by atoms with van der Waals surface area (Å²) in [6, 6.07) is 18.6. The van der Waals surface area contributed by atoms with Crippen LogP contribution in [0.4, 0.5) is 5.69 Å². The molecular formula is C29H32Cl3N3O4S. The fraction of sp³-hybridized carbons (Fsp3) is 0.310. The van der Waals surface area contributed by atoms with Crippen LogP contribution in [-0.4, -0.2) is 51.0 Å². The molecule has 0 aliphatic rings. The van der Waals surface area contributed by atoms with Crippen LogP contribution in [-0.2, 0) is 32.6 Å². The van der Waals surface area contributed by atoms with Crippen LogP contribution < -0.4 is 9.62 Å². The minimum absolute atomic E-state index is 0.00541. The molecular weight excluding hydrogens is 593 g/mol. The second kappa shape index (κ2) is 14.2. The zero-order valence-electron chi connectivity index (χ0n) is 22.5. The number of nitrogens with one attached hydrogen (secondary N) is 1. The third-order valence-electron chi connectivity index (χ3n) is 6.50. The Morgan fingerprint density at radius 3 is 2.20 bits per heavy atom. The fourth-order valence-electron chi connectivity index (χ4n) is 4.41. The van der Waals surface area contributed by atoms with Crippen LogP contribution >= 0.6 is 34.8 Å². The van der Waals surface area contributed by atoms with Crippen molar-refractivity contribution in [3.63, 3.8) is 0 Å². The number of anilines is 1. The lowest BCUT2D eigenvalue weighted by molar-refractivity contribution is -0.141. The highest BCUT2D eigenvalue weighted by atomic mass is 35.5. The summed E-state index contributed by atoms with van der Waals surface area (Å²) in [5.74, 6) is -0.676. The Hall–Kier alpha value is -2.78. The molecule has 0 aliphatic heterocycles.